The molecule has 3 heterocycles. The third kappa shape index (κ3) is 4.29. The van der Waals surface area contributed by atoms with Gasteiger partial charge in [-0.25, -0.2) is 9.97 Å². The van der Waals surface area contributed by atoms with Crippen LogP contribution in [0.2, 0.25) is 0 Å². The van der Waals surface area contributed by atoms with Gasteiger partial charge in [0.1, 0.15) is 5.69 Å². The number of nitrogens with one attached hydrogen (secondary N) is 1. The monoisotopic (exact) mass is 343 g/mol. The van der Waals surface area contributed by atoms with E-state index in [-0.39, 0.29) is 18.1 Å². The molecule has 1 aliphatic heterocycles. The molecule has 1 N–H and O–H groups in total. The van der Waals surface area contributed by atoms with Crippen LogP contribution in [0.5, 0.6) is 5.88 Å². The Morgan fingerprint density at radius 3 is 2.72 bits per heavy atom. The molecule has 0 aliphatic carbocycles. The SMILES string of the molecule is CC(C)Oc1cccc(C(=O)NC2CCN(c3nccn3C)CC2)n1. The highest BCUT2D eigenvalue weighted by atomic mass is 16.5. The van der Waals surface area contributed by atoms with Crippen LogP contribution in [0, 0.1) is 0 Å². The van der Waals surface area contributed by atoms with Crippen LogP contribution in [0.4, 0.5) is 5.95 Å². The summed E-state index contributed by atoms with van der Waals surface area (Å²) in [5.74, 6) is 1.31. The Kier molecular flexibility index (Phi) is 5.21. The minimum atomic E-state index is -0.148. The number of amides is 1. The van der Waals surface area contributed by atoms with E-state index in [1.54, 1.807) is 24.4 Å². The van der Waals surface area contributed by atoms with Crippen LogP contribution in [0.15, 0.2) is 30.6 Å². The van der Waals surface area contributed by atoms with Crippen molar-refractivity contribution in [2.24, 2.45) is 7.05 Å². The molecule has 1 fully saturated rings. The van der Waals surface area contributed by atoms with Crippen molar-refractivity contribution in [3.63, 3.8) is 0 Å². The zero-order valence-corrected chi connectivity index (χ0v) is 15.0. The fourth-order valence-corrected chi connectivity index (χ4v) is 2.99. The molecule has 0 radical (unpaired) electrons. The number of pyridine rings is 1. The lowest BCUT2D eigenvalue weighted by Crippen LogP contribution is -2.45. The molecule has 25 heavy (non-hydrogen) atoms. The third-order valence-corrected chi connectivity index (χ3v) is 4.22. The standard InChI is InChI=1S/C18H25N5O2/c1-13(2)25-16-6-4-5-15(21-16)17(24)20-14-7-10-23(11-8-14)18-19-9-12-22(18)3/h4-6,9,12-14H,7-8,10-11H2,1-3H3,(H,20,24). The second-order valence-corrected chi connectivity index (χ2v) is 6.60. The van der Waals surface area contributed by atoms with Gasteiger partial charge >= 0.3 is 0 Å². The van der Waals surface area contributed by atoms with Gasteiger partial charge in [0.2, 0.25) is 11.8 Å². The topological polar surface area (TPSA) is 72.3 Å². The Balaban J connectivity index is 1.55. The molecular weight excluding hydrogens is 318 g/mol. The van der Waals surface area contributed by atoms with Gasteiger partial charge in [-0.15, -0.1) is 0 Å². The lowest BCUT2D eigenvalue weighted by atomic mass is 10.1. The first-order chi connectivity index (χ1) is 12.0. The van der Waals surface area contributed by atoms with E-state index in [4.69, 9.17) is 4.74 Å². The van der Waals surface area contributed by atoms with Crippen molar-refractivity contribution in [2.45, 2.75) is 38.8 Å². The van der Waals surface area contributed by atoms with Crippen LogP contribution in [0.1, 0.15) is 37.2 Å². The summed E-state index contributed by atoms with van der Waals surface area (Å²) >= 11 is 0. The number of imidazole rings is 1. The van der Waals surface area contributed by atoms with Crippen LogP contribution < -0.4 is 15.0 Å². The van der Waals surface area contributed by atoms with Crippen molar-refractivity contribution in [3.8, 4) is 5.88 Å². The maximum absolute atomic E-state index is 12.5. The summed E-state index contributed by atoms with van der Waals surface area (Å²) in [5, 5.41) is 3.09. The van der Waals surface area contributed by atoms with E-state index < -0.39 is 0 Å². The molecular formula is C18H25N5O2. The minimum absolute atomic E-state index is 0.0289. The van der Waals surface area contributed by atoms with Gasteiger partial charge in [-0.1, -0.05) is 6.07 Å². The molecule has 0 saturated carbocycles. The number of aromatic nitrogens is 3. The summed E-state index contributed by atoms with van der Waals surface area (Å²) in [4.78, 5) is 23.4. The molecule has 1 saturated heterocycles. The van der Waals surface area contributed by atoms with Crippen molar-refractivity contribution in [1.82, 2.24) is 19.9 Å². The fourth-order valence-electron chi connectivity index (χ4n) is 2.99. The zero-order valence-electron chi connectivity index (χ0n) is 15.0. The number of piperidine rings is 1. The summed E-state index contributed by atoms with van der Waals surface area (Å²) in [5.41, 5.74) is 0.393. The summed E-state index contributed by atoms with van der Waals surface area (Å²) in [6.07, 6.45) is 5.56. The largest absolute Gasteiger partial charge is 0.475 e. The number of carbonyl (C=O) groups is 1. The Labute approximate surface area is 148 Å². The molecule has 7 heteroatoms. The zero-order chi connectivity index (χ0) is 17.8. The Hall–Kier alpha value is -2.57. The lowest BCUT2D eigenvalue weighted by Gasteiger charge is -2.32. The summed E-state index contributed by atoms with van der Waals surface area (Å²) < 4.78 is 7.57. The molecule has 7 nitrogen and oxygen atoms in total. The molecule has 2 aromatic heterocycles. The highest BCUT2D eigenvalue weighted by Crippen LogP contribution is 2.18. The van der Waals surface area contributed by atoms with Gasteiger partial charge in [-0.3, -0.25) is 4.79 Å². The van der Waals surface area contributed by atoms with Gasteiger partial charge in [0.25, 0.3) is 5.91 Å². The molecule has 134 valence electrons. The lowest BCUT2D eigenvalue weighted by molar-refractivity contribution is 0.0924. The average molecular weight is 343 g/mol. The van der Waals surface area contributed by atoms with Crippen molar-refractivity contribution in [3.05, 3.63) is 36.3 Å². The van der Waals surface area contributed by atoms with E-state index in [9.17, 15) is 4.79 Å². The van der Waals surface area contributed by atoms with Gasteiger partial charge in [0, 0.05) is 44.6 Å². The van der Waals surface area contributed by atoms with Crippen molar-refractivity contribution in [2.75, 3.05) is 18.0 Å². The van der Waals surface area contributed by atoms with E-state index in [2.05, 4.69) is 20.2 Å². The smallest absolute Gasteiger partial charge is 0.270 e. The first-order valence-electron chi connectivity index (χ1n) is 8.70. The minimum Gasteiger partial charge on any atom is -0.475 e. The number of aryl methyl sites for hydroxylation is 1. The molecule has 0 unspecified atom stereocenters. The summed E-state index contributed by atoms with van der Waals surface area (Å²) in [6.45, 7) is 5.62. The predicted molar refractivity (Wildman–Crippen MR) is 95.9 cm³/mol. The molecule has 1 amide bonds. The number of ether oxygens (including phenoxy) is 1. The van der Waals surface area contributed by atoms with Gasteiger partial charge < -0.3 is 19.5 Å². The molecule has 0 spiro atoms. The highest BCUT2D eigenvalue weighted by Gasteiger charge is 2.23. The molecule has 1 aliphatic rings. The number of hydrogen-bond acceptors (Lipinski definition) is 5. The normalized spacial score (nSPS) is 15.4. The van der Waals surface area contributed by atoms with Crippen molar-refractivity contribution < 1.29 is 9.53 Å². The van der Waals surface area contributed by atoms with E-state index in [0.717, 1.165) is 31.9 Å². The van der Waals surface area contributed by atoms with Crippen molar-refractivity contribution in [1.29, 1.82) is 0 Å². The van der Waals surface area contributed by atoms with Crippen molar-refractivity contribution >= 4 is 11.9 Å². The van der Waals surface area contributed by atoms with Crippen LogP contribution >= 0.6 is 0 Å². The number of anilines is 1. The first kappa shape index (κ1) is 17.3. The number of rotatable bonds is 5. The Morgan fingerprint density at radius 1 is 1.32 bits per heavy atom. The second-order valence-electron chi connectivity index (χ2n) is 6.60. The van der Waals surface area contributed by atoms with Crippen LogP contribution in [-0.2, 0) is 7.05 Å². The van der Waals surface area contributed by atoms with E-state index in [1.165, 1.54) is 0 Å². The van der Waals surface area contributed by atoms with Crippen LogP contribution in [-0.4, -0.2) is 45.7 Å². The predicted octanol–water partition coefficient (Wildman–Crippen LogP) is 2.00. The molecule has 0 bridgehead atoms. The van der Waals surface area contributed by atoms with Gasteiger partial charge in [-0.05, 0) is 32.8 Å². The summed E-state index contributed by atoms with van der Waals surface area (Å²) in [6, 6.07) is 5.43. The number of carbonyl (C=O) groups excluding carboxylic acids is 1. The van der Waals surface area contributed by atoms with E-state index >= 15 is 0 Å². The number of hydrogen-bond donors (Lipinski definition) is 1. The van der Waals surface area contributed by atoms with E-state index in [0.29, 0.717) is 11.6 Å². The van der Waals surface area contributed by atoms with E-state index in [1.807, 2.05) is 31.7 Å². The average Bonchev–Trinajstić information content (AvgIpc) is 3.01. The highest BCUT2D eigenvalue weighted by molar-refractivity contribution is 5.92. The third-order valence-electron chi connectivity index (χ3n) is 4.22. The Morgan fingerprint density at radius 2 is 2.08 bits per heavy atom. The van der Waals surface area contributed by atoms with Crippen LogP contribution in [0.3, 0.4) is 0 Å². The quantitative estimate of drug-likeness (QED) is 0.899. The molecule has 0 aromatic carbocycles. The molecule has 0 atom stereocenters. The maximum atomic E-state index is 12.5. The first-order valence-corrected chi connectivity index (χ1v) is 8.70. The maximum Gasteiger partial charge on any atom is 0.270 e. The summed E-state index contributed by atoms with van der Waals surface area (Å²) in [7, 11) is 1.99. The van der Waals surface area contributed by atoms with Crippen LogP contribution in [0.25, 0.3) is 0 Å². The van der Waals surface area contributed by atoms with Gasteiger partial charge in [0.15, 0.2) is 0 Å². The van der Waals surface area contributed by atoms with Gasteiger partial charge in [-0.2, -0.15) is 0 Å². The molecule has 2 aromatic rings. The molecule has 3 rings (SSSR count). The second kappa shape index (κ2) is 7.55. The Bertz CT molecular complexity index is 720. The van der Waals surface area contributed by atoms with Gasteiger partial charge in [0.05, 0.1) is 6.10 Å². The number of nitrogens with zero attached hydrogens (tertiary/aromatic N) is 4. The fraction of sp³-hybridized carbons (Fsp3) is 0.500.